The quantitative estimate of drug-likeness (QED) is 0.761. The fourth-order valence-corrected chi connectivity index (χ4v) is 2.24. The van der Waals surface area contributed by atoms with E-state index in [0.717, 1.165) is 11.5 Å². The molecule has 0 unspecified atom stereocenters. The topological polar surface area (TPSA) is 69.9 Å². The Morgan fingerprint density at radius 3 is 3.00 bits per heavy atom. The predicted octanol–water partition coefficient (Wildman–Crippen LogP) is 1.07. The predicted molar refractivity (Wildman–Crippen MR) is 62.5 cm³/mol. The van der Waals surface area contributed by atoms with Gasteiger partial charge in [-0.25, -0.2) is 0 Å². The maximum atomic E-state index is 12.3. The molecule has 0 aliphatic rings. The monoisotopic (exact) mass is 252 g/mol. The van der Waals surface area contributed by atoms with Gasteiger partial charge in [-0.05, 0) is 18.0 Å². The minimum atomic E-state index is -0.145. The molecule has 0 aliphatic heterocycles. The number of ether oxygens (including phenoxy) is 1. The van der Waals surface area contributed by atoms with Gasteiger partial charge in [-0.3, -0.25) is 9.48 Å². The van der Waals surface area contributed by atoms with E-state index in [4.69, 9.17) is 4.74 Å². The fraction of sp³-hybridized carbons (Fsp3) is 0.400. The highest BCUT2D eigenvalue weighted by molar-refractivity contribution is 7.08. The van der Waals surface area contributed by atoms with E-state index in [2.05, 4.69) is 14.7 Å². The Kier molecular flexibility index (Phi) is 3.19. The minimum absolute atomic E-state index is 0.145. The molecule has 0 fully saturated rings. The van der Waals surface area contributed by atoms with Gasteiger partial charge in [0.2, 0.25) is 5.78 Å². The lowest BCUT2D eigenvalue weighted by Gasteiger charge is -2.03. The molecule has 2 aromatic rings. The Labute approximate surface area is 102 Å². The second kappa shape index (κ2) is 4.62. The van der Waals surface area contributed by atoms with E-state index in [1.165, 1.54) is 18.0 Å². The Morgan fingerprint density at radius 1 is 1.59 bits per heavy atom. The number of hydrogen-bond acceptors (Lipinski definition) is 6. The van der Waals surface area contributed by atoms with Gasteiger partial charge < -0.3 is 4.74 Å². The van der Waals surface area contributed by atoms with Crippen LogP contribution < -0.4 is 4.74 Å². The maximum Gasteiger partial charge on any atom is 0.228 e. The highest BCUT2D eigenvalue weighted by Gasteiger charge is 2.23. The van der Waals surface area contributed by atoms with Crippen LogP contribution in [-0.4, -0.2) is 32.3 Å². The third-order valence-electron chi connectivity index (χ3n) is 2.44. The van der Waals surface area contributed by atoms with Crippen LogP contribution >= 0.6 is 11.5 Å². The zero-order valence-corrected chi connectivity index (χ0v) is 10.6. The van der Waals surface area contributed by atoms with Crippen molar-refractivity contribution >= 4 is 17.3 Å². The summed E-state index contributed by atoms with van der Waals surface area (Å²) in [6, 6.07) is 0. The summed E-state index contributed by atoms with van der Waals surface area (Å²) in [6.45, 7) is 1.94. The zero-order chi connectivity index (χ0) is 12.4. The summed E-state index contributed by atoms with van der Waals surface area (Å²) < 4.78 is 10.4. The minimum Gasteiger partial charge on any atom is -0.493 e. The van der Waals surface area contributed by atoms with Gasteiger partial charge >= 0.3 is 0 Å². The molecule has 90 valence electrons. The number of hydrogen-bond donors (Lipinski definition) is 0. The van der Waals surface area contributed by atoms with E-state index < -0.39 is 0 Å². The Bertz CT molecular complexity index is 546. The molecule has 2 heterocycles. The van der Waals surface area contributed by atoms with E-state index in [9.17, 15) is 4.79 Å². The average Bonchev–Trinajstić information content (AvgIpc) is 2.93. The second-order valence-electron chi connectivity index (χ2n) is 3.42. The van der Waals surface area contributed by atoms with Crippen molar-refractivity contribution < 1.29 is 9.53 Å². The van der Waals surface area contributed by atoms with E-state index in [1.807, 2.05) is 6.92 Å². The lowest BCUT2D eigenvalue weighted by Crippen LogP contribution is -2.10. The average molecular weight is 252 g/mol. The van der Waals surface area contributed by atoms with Crippen molar-refractivity contribution in [2.45, 2.75) is 13.3 Å². The molecule has 0 aliphatic carbocycles. The van der Waals surface area contributed by atoms with Gasteiger partial charge in [-0.15, -0.1) is 5.10 Å². The first kappa shape index (κ1) is 11.7. The molecule has 0 saturated carbocycles. The highest BCUT2D eigenvalue weighted by atomic mass is 32.1. The van der Waals surface area contributed by atoms with Crippen molar-refractivity contribution in [1.82, 2.24) is 19.4 Å². The molecule has 0 bridgehead atoms. The third-order valence-corrected chi connectivity index (χ3v) is 3.20. The molecule has 6 nitrogen and oxygen atoms in total. The Balaban J connectivity index is 2.47. The molecular weight excluding hydrogens is 240 g/mol. The number of rotatable bonds is 4. The molecular formula is C10H12N4O2S. The molecule has 7 heteroatoms. The van der Waals surface area contributed by atoms with Crippen molar-refractivity contribution in [3.05, 3.63) is 22.5 Å². The number of nitrogens with zero attached hydrogens (tertiary/aromatic N) is 4. The standard InChI is InChI=1S/C10H12N4O2S/c1-4-6-10(17-13-12-6)9(15)8-7(16-3)5-11-14(8)2/h5H,4H2,1-3H3. The molecule has 2 aromatic heterocycles. The SMILES string of the molecule is CCc1nnsc1C(=O)c1c(OC)cnn1C. The molecule has 0 spiro atoms. The summed E-state index contributed by atoms with van der Waals surface area (Å²) in [5.74, 6) is 0.321. The molecule has 0 radical (unpaired) electrons. The molecule has 0 saturated heterocycles. The highest BCUT2D eigenvalue weighted by Crippen LogP contribution is 2.23. The van der Waals surface area contributed by atoms with Crippen LogP contribution in [0.1, 0.15) is 28.0 Å². The van der Waals surface area contributed by atoms with Gasteiger partial charge in [0.25, 0.3) is 0 Å². The third kappa shape index (κ3) is 1.93. The summed E-state index contributed by atoms with van der Waals surface area (Å²) in [7, 11) is 3.22. The van der Waals surface area contributed by atoms with Crippen LogP contribution in [0.15, 0.2) is 6.20 Å². The summed E-state index contributed by atoms with van der Waals surface area (Å²) >= 11 is 1.10. The van der Waals surface area contributed by atoms with Crippen molar-refractivity contribution in [1.29, 1.82) is 0 Å². The molecule has 0 N–H and O–H groups in total. The first-order chi connectivity index (χ1) is 8.19. The van der Waals surface area contributed by atoms with Crippen molar-refractivity contribution in [2.75, 3.05) is 7.11 Å². The van der Waals surface area contributed by atoms with Crippen molar-refractivity contribution in [2.24, 2.45) is 7.05 Å². The smallest absolute Gasteiger partial charge is 0.228 e. The lowest BCUT2D eigenvalue weighted by atomic mass is 10.2. The molecule has 0 amide bonds. The van der Waals surface area contributed by atoms with Gasteiger partial charge in [0.1, 0.15) is 4.88 Å². The zero-order valence-electron chi connectivity index (χ0n) is 9.80. The molecule has 0 atom stereocenters. The number of aryl methyl sites for hydroxylation is 2. The number of carbonyl (C=O) groups excluding carboxylic acids is 1. The largest absolute Gasteiger partial charge is 0.493 e. The summed E-state index contributed by atoms with van der Waals surface area (Å²) in [6.07, 6.45) is 2.20. The normalized spacial score (nSPS) is 10.5. The Hall–Kier alpha value is -1.76. The fourth-order valence-electron chi connectivity index (χ4n) is 1.55. The van der Waals surface area contributed by atoms with E-state index in [1.54, 1.807) is 7.05 Å². The second-order valence-corrected chi connectivity index (χ2v) is 4.17. The van der Waals surface area contributed by atoms with Gasteiger partial charge in [-0.1, -0.05) is 11.4 Å². The molecule has 2 rings (SSSR count). The maximum absolute atomic E-state index is 12.3. The molecule has 0 aromatic carbocycles. The van der Waals surface area contributed by atoms with Crippen LogP contribution in [0.5, 0.6) is 5.75 Å². The van der Waals surface area contributed by atoms with Crippen LogP contribution in [-0.2, 0) is 13.5 Å². The Morgan fingerprint density at radius 2 is 2.35 bits per heavy atom. The van der Waals surface area contributed by atoms with Gasteiger partial charge in [0.05, 0.1) is 19.0 Å². The number of ketones is 1. The number of carbonyl (C=O) groups is 1. The van der Waals surface area contributed by atoms with E-state index >= 15 is 0 Å². The first-order valence-corrected chi connectivity index (χ1v) is 5.88. The van der Waals surface area contributed by atoms with Gasteiger partial charge in [0, 0.05) is 7.05 Å². The van der Waals surface area contributed by atoms with E-state index in [0.29, 0.717) is 28.4 Å². The van der Waals surface area contributed by atoms with Gasteiger partial charge in [0.15, 0.2) is 11.4 Å². The van der Waals surface area contributed by atoms with Gasteiger partial charge in [-0.2, -0.15) is 5.10 Å². The summed E-state index contributed by atoms with van der Waals surface area (Å²) in [5, 5.41) is 7.94. The molecule has 17 heavy (non-hydrogen) atoms. The number of methoxy groups -OCH3 is 1. The van der Waals surface area contributed by atoms with Crippen molar-refractivity contribution in [3.8, 4) is 5.75 Å². The van der Waals surface area contributed by atoms with Crippen LogP contribution in [0.4, 0.5) is 0 Å². The van der Waals surface area contributed by atoms with Crippen LogP contribution in [0.2, 0.25) is 0 Å². The van der Waals surface area contributed by atoms with Crippen molar-refractivity contribution in [3.63, 3.8) is 0 Å². The first-order valence-electron chi connectivity index (χ1n) is 5.11. The summed E-state index contributed by atoms with van der Waals surface area (Å²) in [4.78, 5) is 12.9. The number of aromatic nitrogens is 4. The van der Waals surface area contributed by atoms with E-state index in [-0.39, 0.29) is 5.78 Å². The lowest BCUT2D eigenvalue weighted by molar-refractivity contribution is 0.103. The van der Waals surface area contributed by atoms with Crippen LogP contribution in [0, 0.1) is 0 Å². The van der Waals surface area contributed by atoms with Crippen LogP contribution in [0.25, 0.3) is 0 Å². The summed E-state index contributed by atoms with van der Waals surface area (Å²) in [5.41, 5.74) is 1.14. The van der Waals surface area contributed by atoms with Crippen LogP contribution in [0.3, 0.4) is 0 Å².